The van der Waals surface area contributed by atoms with E-state index in [1.165, 1.54) is 82.8 Å². The largest absolute Gasteiger partial charge is 0.143 e. The number of hydrogen-bond donors (Lipinski definition) is 1. The van der Waals surface area contributed by atoms with Crippen LogP contribution >= 0.6 is 12.6 Å². The van der Waals surface area contributed by atoms with E-state index >= 15 is 0 Å². The second kappa shape index (κ2) is 11.4. The highest BCUT2D eigenvalue weighted by Crippen LogP contribution is 2.42. The lowest BCUT2D eigenvalue weighted by Crippen LogP contribution is -2.14. The van der Waals surface area contributed by atoms with Crippen molar-refractivity contribution in [2.45, 2.75) is 44.9 Å². The Morgan fingerprint density at radius 3 is 1.98 bits per heavy atom. The Morgan fingerprint density at radius 1 is 0.683 bits per heavy atom. The van der Waals surface area contributed by atoms with E-state index in [1.807, 2.05) is 12.2 Å². The number of aryl methyl sites for hydroxylation is 1. The summed E-state index contributed by atoms with van der Waals surface area (Å²) < 4.78 is 0. The molecule has 0 bridgehead atoms. The minimum atomic E-state index is 0.998. The van der Waals surface area contributed by atoms with Crippen LogP contribution in [-0.4, -0.2) is 0 Å². The minimum absolute atomic E-state index is 0.998. The number of rotatable bonds is 7. The van der Waals surface area contributed by atoms with Crippen LogP contribution in [0.3, 0.4) is 0 Å². The molecule has 0 unspecified atom stereocenters. The lowest BCUT2D eigenvalue weighted by molar-refractivity contribution is 0.796. The van der Waals surface area contributed by atoms with Crippen molar-refractivity contribution in [1.82, 2.24) is 0 Å². The molecule has 202 valence electrons. The second-order valence-electron chi connectivity index (χ2n) is 11.0. The highest BCUT2D eigenvalue weighted by atomic mass is 32.1. The Hall–Kier alpha value is -4.07. The zero-order valence-electron chi connectivity index (χ0n) is 24.2. The Morgan fingerprint density at radius 2 is 1.32 bits per heavy atom. The van der Waals surface area contributed by atoms with Gasteiger partial charge in [0.05, 0.1) is 0 Å². The third-order valence-corrected chi connectivity index (χ3v) is 9.31. The molecule has 0 aliphatic heterocycles. The lowest BCUT2D eigenvalue weighted by atomic mass is 9.79. The highest BCUT2D eigenvalue weighted by molar-refractivity contribution is 7.80. The summed E-state index contributed by atoms with van der Waals surface area (Å²) in [6.07, 6.45) is 9.40. The molecular formula is C40H36S. The third kappa shape index (κ3) is 4.89. The summed E-state index contributed by atoms with van der Waals surface area (Å²) in [4.78, 5) is 1.17. The molecular weight excluding hydrogens is 513 g/mol. The Kier molecular flexibility index (Phi) is 7.56. The van der Waals surface area contributed by atoms with Gasteiger partial charge in [-0.3, -0.25) is 0 Å². The zero-order chi connectivity index (χ0) is 28.5. The topological polar surface area (TPSA) is 0 Å². The molecule has 1 aliphatic rings. The summed E-state index contributed by atoms with van der Waals surface area (Å²) in [6.45, 7) is 10.7. The molecule has 0 spiro atoms. The van der Waals surface area contributed by atoms with Gasteiger partial charge in [-0.15, -0.1) is 12.6 Å². The van der Waals surface area contributed by atoms with Gasteiger partial charge in [-0.2, -0.15) is 0 Å². The Bertz CT molecular complexity index is 1760. The number of thiol groups is 1. The van der Waals surface area contributed by atoms with Crippen molar-refractivity contribution in [2.24, 2.45) is 0 Å². The van der Waals surface area contributed by atoms with Gasteiger partial charge in [0.2, 0.25) is 0 Å². The first-order valence-corrected chi connectivity index (χ1v) is 15.0. The van der Waals surface area contributed by atoms with E-state index in [2.05, 4.69) is 124 Å². The number of fused-ring (bicyclic) bond motifs is 1. The highest BCUT2D eigenvalue weighted by Gasteiger charge is 2.24. The molecule has 0 saturated heterocycles. The molecule has 0 amide bonds. The van der Waals surface area contributed by atoms with E-state index < -0.39 is 0 Å². The van der Waals surface area contributed by atoms with Gasteiger partial charge in [0, 0.05) is 4.90 Å². The minimum Gasteiger partial charge on any atom is -0.143 e. The predicted octanol–water partition coefficient (Wildman–Crippen LogP) is 11.1. The van der Waals surface area contributed by atoms with Gasteiger partial charge in [0.15, 0.2) is 0 Å². The molecule has 0 aromatic heterocycles. The maximum atomic E-state index is 4.90. The summed E-state index contributed by atoms with van der Waals surface area (Å²) in [5.41, 5.74) is 18.2. The molecule has 0 fully saturated rings. The second-order valence-corrected chi connectivity index (χ2v) is 11.4. The van der Waals surface area contributed by atoms with Crippen molar-refractivity contribution < 1.29 is 0 Å². The monoisotopic (exact) mass is 548 g/mol. The van der Waals surface area contributed by atoms with Gasteiger partial charge in [0.1, 0.15) is 0 Å². The first-order chi connectivity index (χ1) is 20.0. The van der Waals surface area contributed by atoms with Crippen LogP contribution in [0.5, 0.6) is 0 Å². The molecule has 0 saturated carbocycles. The molecule has 5 aromatic rings. The van der Waals surface area contributed by atoms with Crippen LogP contribution in [0.4, 0.5) is 0 Å². The molecule has 6 rings (SSSR count). The molecule has 0 nitrogen and oxygen atoms in total. The summed E-state index contributed by atoms with van der Waals surface area (Å²) in [6, 6.07) is 33.4. The molecule has 0 heterocycles. The summed E-state index contributed by atoms with van der Waals surface area (Å²) in [5, 5.41) is 0. The predicted molar refractivity (Wildman–Crippen MR) is 181 cm³/mol. The number of allylic oxidation sites excluding steroid dienone is 2. The number of benzene rings is 5. The van der Waals surface area contributed by atoms with Crippen molar-refractivity contribution in [1.29, 1.82) is 0 Å². The van der Waals surface area contributed by atoms with Crippen LogP contribution in [0.15, 0.2) is 115 Å². The Labute approximate surface area is 250 Å². The lowest BCUT2D eigenvalue weighted by Gasteiger charge is -2.28. The Balaban J connectivity index is 1.46. The quantitative estimate of drug-likeness (QED) is 0.152. The standard InChI is InChI=1S/C40H36S/c1-5-7-14-36-34(30-18-20-31(21-19-30)39-26(3)33-23-24-37(33)40(41)27(39)4)15-11-16-35(36)32-22-17-28(6-2)38(25-32)29-12-9-8-10-13-29/h5,7-22,25,41H,1,6,23-24H2,2-4H3/b14-7-. The van der Waals surface area contributed by atoms with Gasteiger partial charge in [-0.25, -0.2) is 0 Å². The average molecular weight is 549 g/mol. The maximum Gasteiger partial charge on any atom is 0.0111 e. The molecule has 0 atom stereocenters. The van der Waals surface area contributed by atoms with Gasteiger partial charge >= 0.3 is 0 Å². The van der Waals surface area contributed by atoms with Crippen molar-refractivity contribution in [3.05, 3.63) is 143 Å². The van der Waals surface area contributed by atoms with Gasteiger partial charge in [0.25, 0.3) is 0 Å². The average Bonchev–Trinajstić information content (AvgIpc) is 2.99. The molecule has 41 heavy (non-hydrogen) atoms. The maximum absolute atomic E-state index is 4.90. The summed E-state index contributed by atoms with van der Waals surface area (Å²) >= 11 is 4.90. The van der Waals surface area contributed by atoms with Crippen LogP contribution in [0.1, 0.15) is 40.3 Å². The van der Waals surface area contributed by atoms with Gasteiger partial charge in [-0.1, -0.05) is 117 Å². The van der Waals surface area contributed by atoms with Crippen LogP contribution in [0.25, 0.3) is 50.6 Å². The van der Waals surface area contributed by atoms with E-state index in [1.54, 1.807) is 0 Å². The van der Waals surface area contributed by atoms with E-state index in [-0.39, 0.29) is 0 Å². The summed E-state index contributed by atoms with van der Waals surface area (Å²) in [7, 11) is 0. The fourth-order valence-electron chi connectivity index (χ4n) is 6.43. The van der Waals surface area contributed by atoms with Gasteiger partial charge in [-0.05, 0) is 117 Å². The van der Waals surface area contributed by atoms with E-state index in [0.29, 0.717) is 0 Å². The fraction of sp³-hybridized carbons (Fsp3) is 0.150. The van der Waals surface area contributed by atoms with E-state index in [9.17, 15) is 0 Å². The molecule has 0 N–H and O–H groups in total. The van der Waals surface area contributed by atoms with Crippen LogP contribution < -0.4 is 0 Å². The zero-order valence-corrected chi connectivity index (χ0v) is 25.1. The van der Waals surface area contributed by atoms with Crippen LogP contribution in [0.2, 0.25) is 0 Å². The smallest absolute Gasteiger partial charge is 0.0111 e. The molecule has 1 heteroatoms. The van der Waals surface area contributed by atoms with Crippen LogP contribution in [-0.2, 0) is 19.3 Å². The molecule has 1 aliphatic carbocycles. The van der Waals surface area contributed by atoms with Crippen molar-refractivity contribution in [3.63, 3.8) is 0 Å². The SMILES string of the molecule is C=C/C=C\c1c(-c2ccc(-c3c(C)c(S)c4c(c3C)CC4)cc2)cccc1-c1ccc(CC)c(-c2ccccc2)c1. The normalized spacial score (nSPS) is 12.3. The number of hydrogen-bond acceptors (Lipinski definition) is 1. The van der Waals surface area contributed by atoms with Crippen molar-refractivity contribution in [2.75, 3.05) is 0 Å². The van der Waals surface area contributed by atoms with Crippen molar-refractivity contribution >= 4 is 18.7 Å². The van der Waals surface area contributed by atoms with Crippen molar-refractivity contribution in [3.8, 4) is 44.5 Å². The summed E-state index contributed by atoms with van der Waals surface area (Å²) in [5.74, 6) is 0. The first-order valence-electron chi connectivity index (χ1n) is 14.6. The van der Waals surface area contributed by atoms with E-state index in [0.717, 1.165) is 19.3 Å². The third-order valence-electron chi connectivity index (χ3n) is 8.71. The van der Waals surface area contributed by atoms with Gasteiger partial charge < -0.3 is 0 Å². The first kappa shape index (κ1) is 27.1. The fourth-order valence-corrected chi connectivity index (χ4v) is 6.79. The molecule has 5 aromatic carbocycles. The van der Waals surface area contributed by atoms with E-state index in [4.69, 9.17) is 12.6 Å². The molecule has 0 radical (unpaired) electrons. The van der Waals surface area contributed by atoms with Crippen LogP contribution in [0, 0.1) is 13.8 Å².